The van der Waals surface area contributed by atoms with Gasteiger partial charge in [0.15, 0.2) is 5.13 Å². The molecule has 2 atom stereocenters. The van der Waals surface area contributed by atoms with Crippen molar-refractivity contribution in [1.82, 2.24) is 24.8 Å². The first-order chi connectivity index (χ1) is 17.6. The molecular weight excluding hydrogens is 494 g/mol. The Balaban J connectivity index is 1.03. The van der Waals surface area contributed by atoms with Gasteiger partial charge < -0.3 is 20.3 Å². The van der Waals surface area contributed by atoms with Crippen LogP contribution < -0.4 is 10.6 Å². The van der Waals surface area contributed by atoms with Crippen molar-refractivity contribution < 1.29 is 9.53 Å². The summed E-state index contributed by atoms with van der Waals surface area (Å²) in [5.74, 6) is 0.802. The number of hydrogen-bond acceptors (Lipinski definition) is 10. The second kappa shape index (κ2) is 10.5. The first-order valence-electron chi connectivity index (χ1n) is 12.6. The molecule has 0 bridgehead atoms. The summed E-state index contributed by atoms with van der Waals surface area (Å²) < 4.78 is 6.49. The van der Waals surface area contributed by atoms with Crippen molar-refractivity contribution >= 4 is 50.3 Å². The molecule has 0 radical (unpaired) electrons. The lowest BCUT2D eigenvalue weighted by atomic mass is 10.0. The third kappa shape index (κ3) is 5.15. The first kappa shape index (κ1) is 23.9. The van der Waals surface area contributed by atoms with Gasteiger partial charge in [0, 0.05) is 67.2 Å². The highest BCUT2D eigenvalue weighted by Gasteiger charge is 2.35. The van der Waals surface area contributed by atoms with E-state index in [9.17, 15) is 4.79 Å². The Morgan fingerprint density at radius 2 is 1.86 bits per heavy atom. The average molecular weight is 526 g/mol. The third-order valence-electron chi connectivity index (χ3n) is 7.30. The molecule has 0 spiro atoms. The summed E-state index contributed by atoms with van der Waals surface area (Å²) in [4.78, 5) is 32.1. The molecule has 1 amide bonds. The molecule has 11 heteroatoms. The second-order valence-corrected chi connectivity index (χ2v) is 11.6. The molecule has 3 aliphatic rings. The van der Waals surface area contributed by atoms with Crippen LogP contribution in [-0.4, -0.2) is 94.4 Å². The van der Waals surface area contributed by atoms with Crippen molar-refractivity contribution in [3.63, 3.8) is 0 Å². The second-order valence-electron chi connectivity index (χ2n) is 9.66. The van der Waals surface area contributed by atoms with E-state index >= 15 is 0 Å². The zero-order valence-corrected chi connectivity index (χ0v) is 22.0. The molecule has 2 saturated heterocycles. The molecule has 1 aliphatic carbocycles. The van der Waals surface area contributed by atoms with Gasteiger partial charge in [-0.15, -0.1) is 11.8 Å². The minimum absolute atomic E-state index is 0.113. The molecule has 1 saturated carbocycles. The number of ether oxygens (including phenoxy) is 1. The molecular formula is C25H31N7O2S2. The monoisotopic (exact) mass is 525 g/mol. The smallest absolute Gasteiger partial charge is 0.254 e. The average Bonchev–Trinajstić information content (AvgIpc) is 3.49. The number of fused-ring (bicyclic) bond motifs is 1. The fraction of sp³-hybridized carbons (Fsp3) is 0.520. The standard InChI is InChI=1S/C25H31N7O2S2/c1-35-20-12-26-24(27-13-20)28-17-3-4-18(11-17)29-25-30-21-5-2-16(10-22(21)36-25)23(33)32-14-19(15-32)31-6-8-34-9-7-31/h2,5,10,12-13,17-19H,3-4,6-9,11,14-15H2,1H3,(H,29,30)(H,26,27,28)/t17-,18-/m0/s1. The lowest BCUT2D eigenvalue weighted by Gasteiger charge is -2.46. The van der Waals surface area contributed by atoms with E-state index in [1.54, 1.807) is 23.1 Å². The predicted molar refractivity (Wildman–Crippen MR) is 144 cm³/mol. The summed E-state index contributed by atoms with van der Waals surface area (Å²) >= 11 is 3.26. The van der Waals surface area contributed by atoms with Gasteiger partial charge in [0.2, 0.25) is 5.95 Å². The lowest BCUT2D eigenvalue weighted by Crippen LogP contribution is -2.62. The van der Waals surface area contributed by atoms with Crippen molar-refractivity contribution in [3.8, 4) is 0 Å². The summed E-state index contributed by atoms with van der Waals surface area (Å²) in [6.07, 6.45) is 8.86. The van der Waals surface area contributed by atoms with Crippen molar-refractivity contribution in [2.45, 2.75) is 42.3 Å². The number of anilines is 2. The number of nitrogens with zero attached hydrogens (tertiary/aromatic N) is 5. The normalized spacial score (nSPS) is 23.1. The number of thioether (sulfide) groups is 1. The Morgan fingerprint density at radius 3 is 2.61 bits per heavy atom. The molecule has 0 unspecified atom stereocenters. The minimum Gasteiger partial charge on any atom is -0.379 e. The fourth-order valence-corrected chi connectivity index (χ4v) is 6.49. The molecule has 190 valence electrons. The third-order valence-corrected chi connectivity index (χ3v) is 8.94. The van der Waals surface area contributed by atoms with Crippen molar-refractivity contribution in [2.24, 2.45) is 0 Å². The number of rotatable bonds is 7. The fourth-order valence-electron chi connectivity index (χ4n) is 5.19. The molecule has 2 N–H and O–H groups in total. The summed E-state index contributed by atoms with van der Waals surface area (Å²) in [7, 11) is 0. The maximum atomic E-state index is 13.0. The van der Waals surface area contributed by atoms with Crippen molar-refractivity contribution in [3.05, 3.63) is 36.2 Å². The highest BCUT2D eigenvalue weighted by molar-refractivity contribution is 7.98. The molecule has 9 nitrogen and oxygen atoms in total. The van der Waals surface area contributed by atoms with E-state index in [0.717, 1.165) is 84.5 Å². The number of morpholine rings is 1. The number of carbonyl (C=O) groups excluding carboxylic acids is 1. The van der Waals surface area contributed by atoms with Crippen LogP contribution in [-0.2, 0) is 4.74 Å². The van der Waals surface area contributed by atoms with E-state index in [0.29, 0.717) is 24.1 Å². The van der Waals surface area contributed by atoms with Crippen molar-refractivity contribution in [2.75, 3.05) is 56.3 Å². The van der Waals surface area contributed by atoms with Crippen LogP contribution in [0.15, 0.2) is 35.5 Å². The number of carbonyl (C=O) groups is 1. The maximum Gasteiger partial charge on any atom is 0.254 e. The predicted octanol–water partition coefficient (Wildman–Crippen LogP) is 3.41. The van der Waals surface area contributed by atoms with Crippen LogP contribution in [0, 0.1) is 0 Å². The lowest BCUT2D eigenvalue weighted by molar-refractivity contribution is -0.0256. The van der Waals surface area contributed by atoms with Crippen LogP contribution in [0.25, 0.3) is 10.2 Å². The van der Waals surface area contributed by atoms with Crippen molar-refractivity contribution in [1.29, 1.82) is 0 Å². The van der Waals surface area contributed by atoms with Crippen LogP contribution in [0.3, 0.4) is 0 Å². The Hall–Kier alpha value is -2.47. The van der Waals surface area contributed by atoms with Gasteiger partial charge in [0.1, 0.15) is 0 Å². The Morgan fingerprint density at radius 1 is 1.11 bits per heavy atom. The van der Waals surface area contributed by atoms with Crippen LogP contribution in [0.4, 0.5) is 11.1 Å². The highest BCUT2D eigenvalue weighted by Crippen LogP contribution is 2.31. The molecule has 3 aromatic rings. The summed E-state index contributed by atoms with van der Waals surface area (Å²) in [5.41, 5.74) is 1.68. The van der Waals surface area contributed by atoms with Gasteiger partial charge in [-0.3, -0.25) is 9.69 Å². The number of likely N-dealkylation sites (tertiary alicyclic amines) is 1. The van der Waals surface area contributed by atoms with E-state index in [-0.39, 0.29) is 5.91 Å². The van der Waals surface area contributed by atoms with E-state index in [2.05, 4.69) is 25.5 Å². The summed E-state index contributed by atoms with van der Waals surface area (Å²) in [5, 5.41) is 7.99. The van der Waals surface area contributed by atoms with E-state index < -0.39 is 0 Å². The van der Waals surface area contributed by atoms with E-state index in [4.69, 9.17) is 9.72 Å². The van der Waals surface area contributed by atoms with Gasteiger partial charge in [-0.2, -0.15) is 0 Å². The number of hydrogen-bond donors (Lipinski definition) is 2. The zero-order chi connectivity index (χ0) is 24.5. The molecule has 2 aliphatic heterocycles. The molecule has 4 heterocycles. The number of amides is 1. The topological polar surface area (TPSA) is 95.5 Å². The number of aromatic nitrogens is 3. The highest BCUT2D eigenvalue weighted by atomic mass is 32.2. The molecule has 1 aromatic carbocycles. The Kier molecular flexibility index (Phi) is 6.96. The number of thiazole rings is 1. The van der Waals surface area contributed by atoms with Gasteiger partial charge in [0.25, 0.3) is 5.91 Å². The number of benzene rings is 1. The van der Waals surface area contributed by atoms with Gasteiger partial charge >= 0.3 is 0 Å². The zero-order valence-electron chi connectivity index (χ0n) is 20.4. The first-order valence-corrected chi connectivity index (χ1v) is 14.6. The SMILES string of the molecule is CSc1cnc(N[C@H]2CC[C@H](Nc3nc4ccc(C(=O)N5CC(N6CCOCC6)C5)cc4s3)C2)nc1. The maximum absolute atomic E-state index is 13.0. The molecule has 6 rings (SSSR count). The Bertz CT molecular complexity index is 1210. The number of nitrogens with one attached hydrogen (secondary N) is 2. The summed E-state index contributed by atoms with van der Waals surface area (Å²) in [6.45, 7) is 5.12. The molecule has 36 heavy (non-hydrogen) atoms. The molecule has 2 aromatic heterocycles. The minimum atomic E-state index is 0.113. The summed E-state index contributed by atoms with van der Waals surface area (Å²) in [6, 6.07) is 7.04. The van der Waals surface area contributed by atoms with Gasteiger partial charge in [-0.25, -0.2) is 15.0 Å². The molecule has 3 fully saturated rings. The van der Waals surface area contributed by atoms with Gasteiger partial charge in [0.05, 0.1) is 23.4 Å². The van der Waals surface area contributed by atoms with Crippen LogP contribution in [0.1, 0.15) is 29.6 Å². The largest absolute Gasteiger partial charge is 0.379 e. The van der Waals surface area contributed by atoms with Crippen LogP contribution >= 0.6 is 23.1 Å². The van der Waals surface area contributed by atoms with Gasteiger partial charge in [-0.05, 0) is 43.7 Å². The Labute approximate surface area is 219 Å². The van der Waals surface area contributed by atoms with Gasteiger partial charge in [-0.1, -0.05) is 11.3 Å². The van der Waals surface area contributed by atoms with E-state index in [1.807, 2.05) is 41.7 Å². The van der Waals surface area contributed by atoms with Crippen LogP contribution in [0.5, 0.6) is 0 Å². The van der Waals surface area contributed by atoms with Crippen LogP contribution in [0.2, 0.25) is 0 Å². The quantitative estimate of drug-likeness (QED) is 0.450. The van der Waals surface area contributed by atoms with E-state index in [1.165, 1.54) is 0 Å².